The van der Waals surface area contributed by atoms with Crippen molar-refractivity contribution in [2.75, 3.05) is 0 Å². The molecule has 0 aliphatic heterocycles. The molecule has 20 heavy (non-hydrogen) atoms. The molecule has 0 unspecified atom stereocenters. The number of hydrogen-bond acceptors (Lipinski definition) is 1. The molecule has 0 saturated heterocycles. The predicted molar refractivity (Wildman–Crippen MR) is 81.7 cm³/mol. The monoisotopic (exact) mass is 412 g/mol. The molecule has 0 spiro atoms. The molecule has 0 saturated carbocycles. The Hall–Kier alpha value is -0.467. The van der Waals surface area contributed by atoms with Crippen molar-refractivity contribution in [3.63, 3.8) is 0 Å². The summed E-state index contributed by atoms with van der Waals surface area (Å²) in [4.78, 5) is 1.26. The second-order valence-corrected chi connectivity index (χ2v) is 5.80. The molecule has 1 heterocycles. The standard InChI is InChI=1S/C16H10BrS.ClH.Zn/c17-15-9-7-13(8-10-15)12-3-5-14(6-4-12)16-2-1-11-18-16;;/h1-10H;1H;/q-1;;+2/p-1. The summed E-state index contributed by atoms with van der Waals surface area (Å²) >= 11 is 5.10. The minimum absolute atomic E-state index is 0. The fourth-order valence-corrected chi connectivity index (χ4v) is 2.78. The first kappa shape index (κ1) is 17.6. The van der Waals surface area contributed by atoms with Crippen LogP contribution in [0.4, 0.5) is 0 Å². The van der Waals surface area contributed by atoms with Crippen molar-refractivity contribution in [1.29, 1.82) is 0 Å². The van der Waals surface area contributed by atoms with Crippen LogP contribution in [0.3, 0.4) is 0 Å². The maximum absolute atomic E-state index is 3.45. The third-order valence-electron chi connectivity index (χ3n) is 2.82. The molecule has 3 aromatic rings. The van der Waals surface area contributed by atoms with Crippen LogP contribution in [-0.2, 0) is 19.5 Å². The topological polar surface area (TPSA) is 0 Å². The van der Waals surface area contributed by atoms with Gasteiger partial charge in [0, 0.05) is 4.47 Å². The van der Waals surface area contributed by atoms with Gasteiger partial charge in [-0.25, -0.2) is 0 Å². The second kappa shape index (κ2) is 8.09. The summed E-state index contributed by atoms with van der Waals surface area (Å²) in [6.45, 7) is 0. The van der Waals surface area contributed by atoms with Gasteiger partial charge in [-0.2, -0.15) is 12.1 Å². The van der Waals surface area contributed by atoms with Crippen LogP contribution in [0.25, 0.3) is 21.6 Å². The van der Waals surface area contributed by atoms with Gasteiger partial charge in [0.2, 0.25) is 0 Å². The normalized spacial score (nSPS) is 9.45. The summed E-state index contributed by atoms with van der Waals surface area (Å²) in [5, 5.41) is 3.12. The fraction of sp³-hybridized carbons (Fsp3) is 0. The van der Waals surface area contributed by atoms with Crippen LogP contribution in [0.15, 0.2) is 65.1 Å². The van der Waals surface area contributed by atoms with Crippen LogP contribution in [-0.4, -0.2) is 0 Å². The van der Waals surface area contributed by atoms with Gasteiger partial charge < -0.3 is 12.4 Å². The Morgan fingerprint density at radius 1 is 0.750 bits per heavy atom. The van der Waals surface area contributed by atoms with Crippen molar-refractivity contribution in [2.45, 2.75) is 0 Å². The molecule has 1 aromatic heterocycles. The second-order valence-electron chi connectivity index (χ2n) is 4.00. The van der Waals surface area contributed by atoms with Gasteiger partial charge in [0.25, 0.3) is 0 Å². The molecule has 0 aliphatic carbocycles. The summed E-state index contributed by atoms with van der Waals surface area (Å²) in [7, 11) is 0. The van der Waals surface area contributed by atoms with Crippen molar-refractivity contribution in [3.05, 3.63) is 70.5 Å². The molecule has 0 radical (unpaired) electrons. The molecule has 96 valence electrons. The summed E-state index contributed by atoms with van der Waals surface area (Å²) in [5.74, 6) is 0. The number of thiophene rings is 1. The average molecular weight is 415 g/mol. The summed E-state index contributed by atoms with van der Waals surface area (Å²) in [5.41, 5.74) is 3.73. The summed E-state index contributed by atoms with van der Waals surface area (Å²) in [6, 6.07) is 21.1. The number of hydrogen-bond donors (Lipinski definition) is 0. The predicted octanol–water partition coefficient (Wildman–Crippen LogP) is 2.65. The van der Waals surface area contributed by atoms with Crippen LogP contribution in [0.1, 0.15) is 0 Å². The van der Waals surface area contributed by atoms with Crippen molar-refractivity contribution in [3.8, 4) is 21.6 Å². The third-order valence-corrected chi connectivity index (χ3v) is 4.19. The van der Waals surface area contributed by atoms with Gasteiger partial charge in [-0.05, 0) is 23.3 Å². The van der Waals surface area contributed by atoms with Gasteiger partial charge in [-0.1, -0.05) is 57.9 Å². The number of benzene rings is 2. The van der Waals surface area contributed by atoms with Gasteiger partial charge in [0.15, 0.2) is 0 Å². The molecule has 2 aromatic carbocycles. The van der Waals surface area contributed by atoms with Crippen LogP contribution in [0, 0.1) is 5.38 Å². The van der Waals surface area contributed by atoms with E-state index in [0.717, 1.165) is 4.47 Å². The molecule has 0 aliphatic rings. The fourth-order valence-electron chi connectivity index (χ4n) is 1.87. The third kappa shape index (κ3) is 4.02. The van der Waals surface area contributed by atoms with E-state index >= 15 is 0 Å². The van der Waals surface area contributed by atoms with Crippen molar-refractivity contribution < 1.29 is 31.9 Å². The molecule has 0 nitrogen and oxygen atoms in total. The van der Waals surface area contributed by atoms with Gasteiger partial charge >= 0.3 is 19.5 Å². The zero-order chi connectivity index (χ0) is 12.4. The Morgan fingerprint density at radius 2 is 1.25 bits per heavy atom. The van der Waals surface area contributed by atoms with E-state index in [1.54, 1.807) is 11.3 Å². The van der Waals surface area contributed by atoms with Gasteiger partial charge in [-0.3, -0.25) is 11.3 Å². The molecular weight excluding hydrogens is 405 g/mol. The largest absolute Gasteiger partial charge is 2.00 e. The maximum Gasteiger partial charge on any atom is 2.00 e. The molecular formula is C16H10BrClSZn. The Kier molecular flexibility index (Phi) is 7.12. The summed E-state index contributed by atoms with van der Waals surface area (Å²) in [6.07, 6.45) is 0. The SMILES string of the molecule is Brc1ccc(-c2ccc(-c3cc[c-]s3)cc2)cc1.[Cl-].[Zn+2]. The quantitative estimate of drug-likeness (QED) is 0.446. The number of rotatable bonds is 2. The first-order valence-corrected chi connectivity index (χ1v) is 7.26. The van der Waals surface area contributed by atoms with E-state index in [4.69, 9.17) is 0 Å². The molecule has 4 heteroatoms. The van der Waals surface area contributed by atoms with Crippen LogP contribution >= 0.6 is 27.3 Å². The van der Waals surface area contributed by atoms with Crippen LogP contribution in [0.2, 0.25) is 0 Å². The zero-order valence-electron chi connectivity index (χ0n) is 10.6. The molecule has 0 bridgehead atoms. The van der Waals surface area contributed by atoms with E-state index in [1.807, 2.05) is 6.07 Å². The Morgan fingerprint density at radius 3 is 1.75 bits per heavy atom. The minimum atomic E-state index is 0. The molecule has 0 N–H and O–H groups in total. The zero-order valence-corrected chi connectivity index (χ0v) is 16.8. The smallest absolute Gasteiger partial charge is 1.00 e. The van der Waals surface area contributed by atoms with Crippen LogP contribution < -0.4 is 12.4 Å². The van der Waals surface area contributed by atoms with E-state index in [1.165, 1.54) is 21.6 Å². The Balaban J connectivity index is 0.000001000. The number of halogens is 2. The summed E-state index contributed by atoms with van der Waals surface area (Å²) < 4.78 is 1.11. The van der Waals surface area contributed by atoms with Crippen molar-refractivity contribution in [1.82, 2.24) is 0 Å². The molecule has 0 fully saturated rings. The van der Waals surface area contributed by atoms with Crippen molar-refractivity contribution in [2.24, 2.45) is 0 Å². The molecule has 3 rings (SSSR count). The first-order chi connectivity index (χ1) is 8.83. The van der Waals surface area contributed by atoms with Crippen molar-refractivity contribution >= 4 is 27.3 Å². The Bertz CT molecular complexity index is 633. The maximum atomic E-state index is 3.45. The van der Waals surface area contributed by atoms with Crippen LogP contribution in [0.5, 0.6) is 0 Å². The Labute approximate surface area is 150 Å². The van der Waals surface area contributed by atoms with Gasteiger partial charge in [-0.15, -0.1) is 10.3 Å². The van der Waals surface area contributed by atoms with E-state index in [-0.39, 0.29) is 31.9 Å². The van der Waals surface area contributed by atoms with E-state index in [0.29, 0.717) is 0 Å². The van der Waals surface area contributed by atoms with Gasteiger partial charge in [0.1, 0.15) is 0 Å². The first-order valence-electron chi connectivity index (χ1n) is 5.65. The minimum Gasteiger partial charge on any atom is -1.00 e. The average Bonchev–Trinajstić information content (AvgIpc) is 2.94. The molecule has 0 amide bonds. The van der Waals surface area contributed by atoms with E-state index in [9.17, 15) is 0 Å². The van der Waals surface area contributed by atoms with E-state index < -0.39 is 0 Å². The molecule has 0 atom stereocenters. The van der Waals surface area contributed by atoms with E-state index in [2.05, 4.69) is 75.9 Å². The van der Waals surface area contributed by atoms with Gasteiger partial charge in [0.05, 0.1) is 0 Å².